The van der Waals surface area contributed by atoms with Crippen LogP contribution in [0.4, 0.5) is 5.69 Å². The van der Waals surface area contributed by atoms with Crippen LogP contribution in [-0.4, -0.2) is 28.5 Å². The molecule has 7 nitrogen and oxygen atoms in total. The molecule has 2 aromatic carbocycles. The number of carbonyl (C=O) groups is 1. The van der Waals surface area contributed by atoms with E-state index in [0.29, 0.717) is 22.7 Å². The number of primary sulfonamides is 1. The van der Waals surface area contributed by atoms with Gasteiger partial charge >= 0.3 is 0 Å². The summed E-state index contributed by atoms with van der Waals surface area (Å²) in [5.74, 6) is 0.698. The van der Waals surface area contributed by atoms with Gasteiger partial charge in [-0.2, -0.15) is 0 Å². The average molecular weight is 362 g/mol. The van der Waals surface area contributed by atoms with Crippen molar-refractivity contribution in [2.24, 2.45) is 5.14 Å². The number of anilines is 1. The number of amides is 1. The standard InChI is InChI=1S/C17H18N2O5S/c1-23-15-5-3-4-12(17(15)24-2)6-11-16(20)19-13-7-9-14(10-8-13)25(18,21)22/h3-11H,1-2H3,(H,19,20)(H2,18,21,22)/b11-6+. The minimum Gasteiger partial charge on any atom is -0.493 e. The summed E-state index contributed by atoms with van der Waals surface area (Å²) in [6.45, 7) is 0. The number of carbonyl (C=O) groups excluding carboxylic acids is 1. The van der Waals surface area contributed by atoms with Crippen molar-refractivity contribution in [1.29, 1.82) is 0 Å². The van der Waals surface area contributed by atoms with Crippen LogP contribution < -0.4 is 19.9 Å². The van der Waals surface area contributed by atoms with Crippen molar-refractivity contribution in [2.45, 2.75) is 4.90 Å². The lowest BCUT2D eigenvalue weighted by Gasteiger charge is -2.09. The number of benzene rings is 2. The Kier molecular flexibility index (Phi) is 5.79. The monoisotopic (exact) mass is 362 g/mol. The van der Waals surface area contributed by atoms with Crippen molar-refractivity contribution < 1.29 is 22.7 Å². The van der Waals surface area contributed by atoms with E-state index in [9.17, 15) is 13.2 Å². The van der Waals surface area contributed by atoms with Gasteiger partial charge in [-0.25, -0.2) is 13.6 Å². The molecule has 0 unspecified atom stereocenters. The van der Waals surface area contributed by atoms with Crippen LogP contribution in [0.25, 0.3) is 6.08 Å². The Balaban J connectivity index is 2.11. The summed E-state index contributed by atoms with van der Waals surface area (Å²) in [7, 11) is -0.714. The quantitative estimate of drug-likeness (QED) is 0.764. The van der Waals surface area contributed by atoms with E-state index in [0.717, 1.165) is 0 Å². The number of para-hydroxylation sites is 1. The van der Waals surface area contributed by atoms with Gasteiger partial charge in [0.2, 0.25) is 15.9 Å². The van der Waals surface area contributed by atoms with Crippen LogP contribution >= 0.6 is 0 Å². The Bertz CT molecular complexity index is 890. The molecule has 0 radical (unpaired) electrons. The van der Waals surface area contributed by atoms with Gasteiger partial charge in [0.15, 0.2) is 11.5 Å². The van der Waals surface area contributed by atoms with E-state index >= 15 is 0 Å². The van der Waals surface area contributed by atoms with Crippen molar-refractivity contribution in [3.05, 3.63) is 54.1 Å². The summed E-state index contributed by atoms with van der Waals surface area (Å²) in [5, 5.41) is 7.65. The minimum atomic E-state index is -3.76. The second-order valence-corrected chi connectivity index (χ2v) is 6.54. The molecule has 0 fully saturated rings. The Hall–Kier alpha value is -2.84. The highest BCUT2D eigenvalue weighted by molar-refractivity contribution is 7.89. The van der Waals surface area contributed by atoms with E-state index in [-0.39, 0.29) is 10.8 Å². The van der Waals surface area contributed by atoms with Crippen LogP contribution in [0.15, 0.2) is 53.4 Å². The molecule has 0 spiro atoms. The van der Waals surface area contributed by atoms with Gasteiger partial charge in [-0.3, -0.25) is 4.79 Å². The molecule has 0 saturated heterocycles. The molecule has 2 rings (SSSR count). The molecule has 0 atom stereocenters. The molecular formula is C17H18N2O5S. The third-order valence-corrected chi connectivity index (χ3v) is 4.23. The van der Waals surface area contributed by atoms with Crippen LogP contribution in [0.2, 0.25) is 0 Å². The predicted molar refractivity (Wildman–Crippen MR) is 95.0 cm³/mol. The van der Waals surface area contributed by atoms with E-state index in [1.807, 2.05) is 0 Å². The number of nitrogens with two attached hydrogens (primary N) is 1. The summed E-state index contributed by atoms with van der Waals surface area (Å²) < 4.78 is 32.9. The number of rotatable bonds is 6. The van der Waals surface area contributed by atoms with Crippen molar-refractivity contribution in [1.82, 2.24) is 0 Å². The molecule has 2 aromatic rings. The van der Waals surface area contributed by atoms with E-state index in [2.05, 4.69) is 5.32 Å². The van der Waals surface area contributed by atoms with Gasteiger partial charge in [-0.15, -0.1) is 0 Å². The van der Waals surface area contributed by atoms with Crippen LogP contribution in [0, 0.1) is 0 Å². The fraction of sp³-hybridized carbons (Fsp3) is 0.118. The number of ether oxygens (including phenoxy) is 2. The predicted octanol–water partition coefficient (Wildman–Crippen LogP) is 2.00. The molecule has 0 heterocycles. The second kappa shape index (κ2) is 7.82. The molecule has 0 saturated carbocycles. The highest BCUT2D eigenvalue weighted by atomic mass is 32.2. The van der Waals surface area contributed by atoms with Crippen molar-refractivity contribution in [3.8, 4) is 11.5 Å². The molecule has 0 aromatic heterocycles. The van der Waals surface area contributed by atoms with Gasteiger partial charge in [-0.1, -0.05) is 12.1 Å². The average Bonchev–Trinajstić information content (AvgIpc) is 2.59. The fourth-order valence-electron chi connectivity index (χ4n) is 2.12. The topological polar surface area (TPSA) is 108 Å². The van der Waals surface area contributed by atoms with Crippen molar-refractivity contribution in [2.75, 3.05) is 19.5 Å². The summed E-state index contributed by atoms with van der Waals surface area (Å²) in [4.78, 5) is 12.0. The summed E-state index contributed by atoms with van der Waals surface area (Å²) in [6.07, 6.45) is 2.93. The zero-order chi connectivity index (χ0) is 18.4. The second-order valence-electron chi connectivity index (χ2n) is 4.97. The number of methoxy groups -OCH3 is 2. The maximum absolute atomic E-state index is 12.0. The first-order valence-corrected chi connectivity index (χ1v) is 8.72. The van der Waals surface area contributed by atoms with Crippen molar-refractivity contribution >= 4 is 27.7 Å². The highest BCUT2D eigenvalue weighted by Crippen LogP contribution is 2.31. The number of nitrogens with one attached hydrogen (secondary N) is 1. The van der Waals surface area contributed by atoms with Crippen molar-refractivity contribution in [3.63, 3.8) is 0 Å². The number of hydrogen-bond donors (Lipinski definition) is 2. The summed E-state index contributed by atoms with van der Waals surface area (Å²) >= 11 is 0. The van der Waals surface area contributed by atoms with Crippen LogP contribution in [0.1, 0.15) is 5.56 Å². The zero-order valence-corrected chi connectivity index (χ0v) is 14.5. The van der Waals surface area contributed by atoms with Crippen LogP contribution in [-0.2, 0) is 14.8 Å². The van der Waals surface area contributed by atoms with E-state index in [1.54, 1.807) is 24.3 Å². The van der Waals surface area contributed by atoms with Crippen LogP contribution in [0.3, 0.4) is 0 Å². The number of hydrogen-bond acceptors (Lipinski definition) is 5. The Morgan fingerprint density at radius 2 is 1.76 bits per heavy atom. The molecule has 132 valence electrons. The first-order valence-electron chi connectivity index (χ1n) is 7.18. The maximum Gasteiger partial charge on any atom is 0.248 e. The molecule has 0 bridgehead atoms. The summed E-state index contributed by atoms with van der Waals surface area (Å²) in [6, 6.07) is 10.9. The lowest BCUT2D eigenvalue weighted by atomic mass is 10.1. The normalized spacial score (nSPS) is 11.3. The fourth-order valence-corrected chi connectivity index (χ4v) is 2.64. The molecular weight excluding hydrogens is 344 g/mol. The van der Waals surface area contributed by atoms with E-state index in [1.165, 1.54) is 44.6 Å². The van der Waals surface area contributed by atoms with Gasteiger partial charge in [-0.05, 0) is 36.4 Å². The Morgan fingerprint density at radius 1 is 1.08 bits per heavy atom. The molecule has 3 N–H and O–H groups in total. The molecule has 0 aliphatic heterocycles. The van der Waals surface area contributed by atoms with Crippen LogP contribution in [0.5, 0.6) is 11.5 Å². The summed E-state index contributed by atoms with van der Waals surface area (Å²) in [5.41, 5.74) is 1.13. The third-order valence-electron chi connectivity index (χ3n) is 3.30. The highest BCUT2D eigenvalue weighted by Gasteiger charge is 2.09. The largest absolute Gasteiger partial charge is 0.493 e. The van der Waals surface area contributed by atoms with Gasteiger partial charge in [0.25, 0.3) is 0 Å². The van der Waals surface area contributed by atoms with Gasteiger partial charge in [0.05, 0.1) is 19.1 Å². The molecule has 0 aliphatic rings. The zero-order valence-electron chi connectivity index (χ0n) is 13.7. The Labute approximate surface area is 146 Å². The first kappa shape index (κ1) is 18.5. The lowest BCUT2D eigenvalue weighted by Crippen LogP contribution is -2.12. The van der Waals surface area contributed by atoms with E-state index < -0.39 is 10.0 Å². The smallest absolute Gasteiger partial charge is 0.248 e. The lowest BCUT2D eigenvalue weighted by molar-refractivity contribution is -0.111. The molecule has 1 amide bonds. The maximum atomic E-state index is 12.0. The van der Waals surface area contributed by atoms with Gasteiger partial charge < -0.3 is 14.8 Å². The number of sulfonamides is 1. The van der Waals surface area contributed by atoms with E-state index in [4.69, 9.17) is 14.6 Å². The molecule has 25 heavy (non-hydrogen) atoms. The first-order chi connectivity index (χ1) is 11.8. The minimum absolute atomic E-state index is 0.0258. The SMILES string of the molecule is COc1cccc(/C=C/C(=O)Nc2ccc(S(N)(=O)=O)cc2)c1OC. The molecule has 0 aliphatic carbocycles. The molecule has 8 heteroatoms. The van der Waals surface area contributed by atoms with Gasteiger partial charge in [0, 0.05) is 17.3 Å². The Morgan fingerprint density at radius 3 is 2.32 bits per heavy atom. The third kappa shape index (κ3) is 4.82. The van der Waals surface area contributed by atoms with Gasteiger partial charge in [0.1, 0.15) is 0 Å².